The van der Waals surface area contributed by atoms with Gasteiger partial charge >= 0.3 is 0 Å². The molecule has 1 aliphatic heterocycles. The van der Waals surface area contributed by atoms with Crippen LogP contribution in [0, 0.1) is 0 Å². The molecule has 0 N–H and O–H groups in total. The molecule has 6 heteroatoms. The fourth-order valence-electron chi connectivity index (χ4n) is 3.12. The van der Waals surface area contributed by atoms with Crippen LogP contribution in [0.1, 0.15) is 5.56 Å². The van der Waals surface area contributed by atoms with Gasteiger partial charge in [-0.1, -0.05) is 58.7 Å². The van der Waals surface area contributed by atoms with E-state index in [0.29, 0.717) is 6.54 Å². The van der Waals surface area contributed by atoms with Gasteiger partial charge in [0.1, 0.15) is 0 Å². The minimum Gasteiger partial charge on any atom is -1.00 e. The van der Waals surface area contributed by atoms with Gasteiger partial charge in [-0.2, -0.15) is 0 Å². The molecule has 0 amide bonds. The Morgan fingerprint density at radius 2 is 1.67 bits per heavy atom. The SMILES string of the molecule is Clc1ccc(C[n+]2cc(-c3ccccc3)cc(N3CCOCC3)n2)cc1.[Br-]. The number of nitrogens with zero attached hydrogens (tertiary/aromatic N) is 3. The van der Waals surface area contributed by atoms with Gasteiger partial charge in [0.25, 0.3) is 0 Å². The first-order chi connectivity index (χ1) is 12.8. The molecule has 1 aliphatic rings. The van der Waals surface area contributed by atoms with E-state index in [1.54, 1.807) is 0 Å². The normalized spacial score (nSPS) is 13.9. The smallest absolute Gasteiger partial charge is 0.204 e. The van der Waals surface area contributed by atoms with E-state index in [2.05, 4.69) is 41.4 Å². The third-order valence-electron chi connectivity index (χ3n) is 4.50. The maximum Gasteiger partial charge on any atom is 0.204 e. The zero-order valence-electron chi connectivity index (χ0n) is 14.9. The molecule has 2 heterocycles. The van der Waals surface area contributed by atoms with Crippen molar-refractivity contribution in [1.82, 2.24) is 5.10 Å². The summed E-state index contributed by atoms with van der Waals surface area (Å²) in [6.07, 6.45) is 2.11. The van der Waals surface area contributed by atoms with Crippen molar-refractivity contribution in [2.75, 3.05) is 31.2 Å². The average molecular weight is 447 g/mol. The van der Waals surface area contributed by atoms with Gasteiger partial charge in [0.05, 0.1) is 18.8 Å². The number of hydrogen-bond donors (Lipinski definition) is 0. The summed E-state index contributed by atoms with van der Waals surface area (Å²) in [5.41, 5.74) is 3.52. The molecular weight excluding hydrogens is 426 g/mol. The van der Waals surface area contributed by atoms with Crippen molar-refractivity contribution in [2.45, 2.75) is 6.54 Å². The standard InChI is InChI=1S/C21H21ClN3O.BrH/c22-20-8-6-17(7-9-20)15-25-16-19(18-4-2-1-3-5-18)14-21(23-25)24-10-12-26-13-11-24;/h1-9,14,16H,10-13,15H2;1H/q+1;/p-1. The molecule has 1 aromatic heterocycles. The fourth-order valence-corrected chi connectivity index (χ4v) is 3.25. The van der Waals surface area contributed by atoms with E-state index in [0.717, 1.165) is 42.7 Å². The van der Waals surface area contributed by atoms with Crippen LogP contribution in [0.2, 0.25) is 5.02 Å². The van der Waals surface area contributed by atoms with E-state index in [1.165, 1.54) is 11.1 Å². The highest BCUT2D eigenvalue weighted by atomic mass is 79.9. The first-order valence-corrected chi connectivity index (χ1v) is 9.20. The maximum atomic E-state index is 6.01. The first kappa shape index (κ1) is 19.8. The molecule has 1 fully saturated rings. The quantitative estimate of drug-likeness (QED) is 0.549. The van der Waals surface area contributed by atoms with E-state index in [9.17, 15) is 0 Å². The predicted molar refractivity (Wildman–Crippen MR) is 103 cm³/mol. The average Bonchev–Trinajstić information content (AvgIpc) is 2.71. The summed E-state index contributed by atoms with van der Waals surface area (Å²) in [6.45, 7) is 3.93. The highest BCUT2D eigenvalue weighted by molar-refractivity contribution is 6.30. The Morgan fingerprint density at radius 3 is 2.37 bits per heavy atom. The summed E-state index contributed by atoms with van der Waals surface area (Å²) < 4.78 is 7.49. The van der Waals surface area contributed by atoms with Gasteiger partial charge in [-0.15, -0.1) is 0 Å². The highest BCUT2D eigenvalue weighted by Gasteiger charge is 2.19. The van der Waals surface area contributed by atoms with E-state index in [1.807, 2.05) is 35.0 Å². The van der Waals surface area contributed by atoms with Gasteiger partial charge in [0.15, 0.2) is 12.4 Å². The molecule has 3 aromatic rings. The molecule has 2 aromatic carbocycles. The van der Waals surface area contributed by atoms with Crippen LogP contribution in [0.3, 0.4) is 0 Å². The largest absolute Gasteiger partial charge is 1.00 e. The second-order valence-corrected chi connectivity index (χ2v) is 6.81. The number of morpholine rings is 1. The summed E-state index contributed by atoms with van der Waals surface area (Å²) in [5, 5.41) is 5.60. The summed E-state index contributed by atoms with van der Waals surface area (Å²) in [5.74, 6) is 0.989. The lowest BCUT2D eigenvalue weighted by Crippen LogP contribution is -3.00. The molecule has 0 atom stereocenters. The third kappa shape index (κ3) is 5.06. The van der Waals surface area contributed by atoms with Crippen LogP contribution < -0.4 is 26.6 Å². The predicted octanol–water partition coefficient (Wildman–Crippen LogP) is 0.578. The van der Waals surface area contributed by atoms with Crippen molar-refractivity contribution >= 4 is 17.4 Å². The zero-order valence-corrected chi connectivity index (χ0v) is 17.2. The lowest BCUT2D eigenvalue weighted by molar-refractivity contribution is -0.744. The van der Waals surface area contributed by atoms with Crippen molar-refractivity contribution in [2.24, 2.45) is 0 Å². The van der Waals surface area contributed by atoms with Gasteiger partial charge in [-0.05, 0) is 17.7 Å². The summed E-state index contributed by atoms with van der Waals surface area (Å²) >= 11 is 6.01. The Balaban J connectivity index is 0.00000210. The van der Waals surface area contributed by atoms with Crippen molar-refractivity contribution in [3.63, 3.8) is 0 Å². The lowest BCUT2D eigenvalue weighted by atomic mass is 10.1. The van der Waals surface area contributed by atoms with Gasteiger partial charge in [-0.3, -0.25) is 0 Å². The molecule has 1 saturated heterocycles. The Morgan fingerprint density at radius 1 is 0.963 bits per heavy atom. The van der Waals surface area contributed by atoms with Crippen molar-refractivity contribution in [1.29, 1.82) is 0 Å². The molecule has 0 radical (unpaired) electrons. The second-order valence-electron chi connectivity index (χ2n) is 6.38. The number of rotatable bonds is 4. The van der Waals surface area contributed by atoms with Crippen molar-refractivity contribution in [3.05, 3.63) is 77.4 Å². The van der Waals surface area contributed by atoms with Crippen molar-refractivity contribution < 1.29 is 26.4 Å². The monoisotopic (exact) mass is 445 g/mol. The number of halogens is 2. The Labute approximate surface area is 175 Å². The van der Waals surface area contributed by atoms with Gasteiger partial charge in [-0.25, -0.2) is 0 Å². The van der Waals surface area contributed by atoms with Crippen LogP contribution in [0.4, 0.5) is 5.82 Å². The minimum absolute atomic E-state index is 0. The topological polar surface area (TPSA) is 29.2 Å². The molecule has 0 bridgehead atoms. The van der Waals surface area contributed by atoms with Gasteiger partial charge in [0.2, 0.25) is 6.20 Å². The number of anilines is 1. The molecule has 0 saturated carbocycles. The van der Waals surface area contributed by atoms with Crippen LogP contribution in [0.15, 0.2) is 66.9 Å². The van der Waals surface area contributed by atoms with Crippen LogP contribution in [-0.2, 0) is 11.3 Å². The van der Waals surface area contributed by atoms with Crippen LogP contribution in [0.5, 0.6) is 0 Å². The third-order valence-corrected chi connectivity index (χ3v) is 4.76. The Kier molecular flexibility index (Phi) is 6.83. The van der Waals surface area contributed by atoms with Crippen molar-refractivity contribution in [3.8, 4) is 11.1 Å². The molecular formula is C21H21BrClN3O. The zero-order chi connectivity index (χ0) is 17.8. The molecule has 0 unspecified atom stereocenters. The Bertz CT molecular complexity index is 868. The number of aromatic nitrogens is 2. The Hall–Kier alpha value is -1.95. The van der Waals surface area contributed by atoms with Crippen LogP contribution in [0.25, 0.3) is 11.1 Å². The number of hydrogen-bond acceptors (Lipinski definition) is 3. The molecule has 4 rings (SSSR count). The first-order valence-electron chi connectivity index (χ1n) is 8.82. The fraction of sp³-hybridized carbons (Fsp3) is 0.238. The molecule has 0 spiro atoms. The summed E-state index contributed by atoms with van der Waals surface area (Å²) in [7, 11) is 0. The second kappa shape index (κ2) is 9.31. The van der Waals surface area contributed by atoms with E-state index in [4.69, 9.17) is 21.4 Å². The van der Waals surface area contributed by atoms with Crippen LogP contribution >= 0.6 is 11.6 Å². The van der Waals surface area contributed by atoms with Gasteiger partial charge < -0.3 is 26.6 Å². The molecule has 27 heavy (non-hydrogen) atoms. The number of ether oxygens (including phenoxy) is 1. The summed E-state index contributed by atoms with van der Waals surface area (Å²) in [4.78, 5) is 2.29. The van der Waals surface area contributed by atoms with Gasteiger partial charge in [0, 0.05) is 34.8 Å². The van der Waals surface area contributed by atoms with E-state index >= 15 is 0 Å². The lowest BCUT2D eigenvalue weighted by Gasteiger charge is -2.26. The summed E-state index contributed by atoms with van der Waals surface area (Å²) in [6, 6.07) is 20.5. The van der Waals surface area contributed by atoms with E-state index < -0.39 is 0 Å². The molecule has 140 valence electrons. The van der Waals surface area contributed by atoms with Crippen LogP contribution in [-0.4, -0.2) is 31.4 Å². The molecule has 4 nitrogen and oxygen atoms in total. The molecule has 0 aliphatic carbocycles. The maximum absolute atomic E-state index is 6.01. The highest BCUT2D eigenvalue weighted by Crippen LogP contribution is 2.22. The van der Waals surface area contributed by atoms with E-state index in [-0.39, 0.29) is 17.0 Å². The number of benzene rings is 2. The minimum atomic E-state index is 0.